The van der Waals surface area contributed by atoms with Gasteiger partial charge in [-0.25, -0.2) is 4.79 Å². The van der Waals surface area contributed by atoms with Crippen LogP contribution in [0.15, 0.2) is 78.9 Å². The van der Waals surface area contributed by atoms with Gasteiger partial charge in [0.25, 0.3) is 5.91 Å². The summed E-state index contributed by atoms with van der Waals surface area (Å²) >= 11 is 0. The molecular weight excluding hydrogens is 578 g/mol. The van der Waals surface area contributed by atoms with Gasteiger partial charge < -0.3 is 25.4 Å². The minimum absolute atomic E-state index is 0.00849. The maximum absolute atomic E-state index is 13.9. The van der Waals surface area contributed by atoms with Crippen LogP contribution >= 0.6 is 0 Å². The highest BCUT2D eigenvalue weighted by molar-refractivity contribution is 5.89. The van der Waals surface area contributed by atoms with Gasteiger partial charge in [0.15, 0.2) is 12.4 Å². The molecule has 0 radical (unpaired) electrons. The second kappa shape index (κ2) is 16.9. The van der Waals surface area contributed by atoms with Gasteiger partial charge in [-0.15, -0.1) is 0 Å². The standard InChI is InChI=1S/C38H49N3O5/c1-26(2)36(41-20-12-19-39-38(41)45)34(43)24-31(21-29-15-7-5-8-16-29)23-33(42)32(22-30-17-9-6-10-18-30)40-35(44)25-46-37-27(3)13-11-14-28(37)4/h5-11,13-18,26,31-33,36,42H,12,19-25H2,1-4H3,(H,39,45)(H,40,44)/t31?,32?,33-,36-/m0/s1. The van der Waals surface area contributed by atoms with E-state index in [0.717, 1.165) is 28.7 Å². The molecule has 3 N–H and O–H groups in total. The number of amides is 3. The first-order valence-electron chi connectivity index (χ1n) is 16.4. The van der Waals surface area contributed by atoms with Gasteiger partial charge in [-0.3, -0.25) is 9.59 Å². The summed E-state index contributed by atoms with van der Waals surface area (Å²) in [7, 11) is 0. The number of aryl methyl sites for hydroxylation is 2. The highest BCUT2D eigenvalue weighted by atomic mass is 16.5. The molecule has 8 heteroatoms. The lowest BCUT2D eigenvalue weighted by atomic mass is 9.83. The lowest BCUT2D eigenvalue weighted by molar-refractivity contribution is -0.127. The molecule has 3 aromatic carbocycles. The fourth-order valence-corrected chi connectivity index (χ4v) is 6.48. The minimum atomic E-state index is -0.929. The largest absolute Gasteiger partial charge is 0.483 e. The molecule has 4 rings (SSSR count). The van der Waals surface area contributed by atoms with E-state index >= 15 is 0 Å². The van der Waals surface area contributed by atoms with Crippen molar-refractivity contribution in [1.29, 1.82) is 0 Å². The number of benzene rings is 3. The van der Waals surface area contributed by atoms with Crippen molar-refractivity contribution in [1.82, 2.24) is 15.5 Å². The van der Waals surface area contributed by atoms with Gasteiger partial charge in [-0.1, -0.05) is 92.7 Å². The van der Waals surface area contributed by atoms with E-state index in [1.807, 2.05) is 107 Å². The second-order valence-electron chi connectivity index (χ2n) is 12.9. The predicted molar refractivity (Wildman–Crippen MR) is 181 cm³/mol. The number of hydrogen-bond donors (Lipinski definition) is 3. The van der Waals surface area contributed by atoms with Gasteiger partial charge in [-0.05, 0) is 73.6 Å². The van der Waals surface area contributed by atoms with Gasteiger partial charge in [0.1, 0.15) is 5.75 Å². The molecule has 0 aromatic heterocycles. The van der Waals surface area contributed by atoms with Crippen LogP contribution in [0.4, 0.5) is 4.79 Å². The molecule has 1 heterocycles. The van der Waals surface area contributed by atoms with E-state index < -0.39 is 18.2 Å². The average molecular weight is 628 g/mol. The minimum Gasteiger partial charge on any atom is -0.483 e. The first kappa shape index (κ1) is 34.7. The number of carbonyl (C=O) groups excluding carboxylic acids is 3. The average Bonchev–Trinajstić information content (AvgIpc) is 3.02. The van der Waals surface area contributed by atoms with Crippen molar-refractivity contribution in [2.24, 2.45) is 11.8 Å². The first-order valence-corrected chi connectivity index (χ1v) is 16.4. The van der Waals surface area contributed by atoms with E-state index in [9.17, 15) is 19.5 Å². The fraction of sp³-hybridized carbons (Fsp3) is 0.447. The van der Waals surface area contributed by atoms with E-state index in [1.54, 1.807) is 4.90 Å². The van der Waals surface area contributed by atoms with Crippen molar-refractivity contribution < 1.29 is 24.2 Å². The van der Waals surface area contributed by atoms with E-state index in [0.29, 0.717) is 38.1 Å². The first-order chi connectivity index (χ1) is 22.1. The highest BCUT2D eigenvalue weighted by Gasteiger charge is 2.35. The summed E-state index contributed by atoms with van der Waals surface area (Å²) in [4.78, 5) is 41.5. The zero-order valence-corrected chi connectivity index (χ0v) is 27.6. The molecule has 1 aliphatic heterocycles. The molecule has 8 nitrogen and oxygen atoms in total. The normalized spacial score (nSPS) is 15.9. The lowest BCUT2D eigenvalue weighted by Gasteiger charge is -2.37. The van der Waals surface area contributed by atoms with Crippen LogP contribution in [-0.4, -0.2) is 65.6 Å². The number of aliphatic hydroxyl groups is 1. The molecule has 0 aliphatic carbocycles. The topological polar surface area (TPSA) is 108 Å². The van der Waals surface area contributed by atoms with E-state index in [2.05, 4.69) is 10.6 Å². The van der Waals surface area contributed by atoms with Gasteiger partial charge in [0.2, 0.25) is 0 Å². The Morgan fingerprint density at radius 1 is 0.913 bits per heavy atom. The van der Waals surface area contributed by atoms with Crippen molar-refractivity contribution >= 4 is 17.7 Å². The zero-order valence-electron chi connectivity index (χ0n) is 27.6. The third kappa shape index (κ3) is 9.91. The van der Waals surface area contributed by atoms with Crippen molar-refractivity contribution in [3.05, 3.63) is 101 Å². The summed E-state index contributed by atoms with van der Waals surface area (Å²) in [6, 6.07) is 24.2. The molecule has 46 heavy (non-hydrogen) atoms. The molecule has 1 saturated heterocycles. The smallest absolute Gasteiger partial charge is 0.318 e. The Kier molecular flexibility index (Phi) is 12.8. The number of nitrogens with one attached hydrogen (secondary N) is 2. The number of hydrogen-bond acceptors (Lipinski definition) is 5. The number of carbonyl (C=O) groups is 3. The molecule has 0 saturated carbocycles. The number of urea groups is 1. The zero-order chi connectivity index (χ0) is 33.1. The maximum Gasteiger partial charge on any atom is 0.318 e. The van der Waals surface area contributed by atoms with E-state index in [4.69, 9.17) is 4.74 Å². The van der Waals surface area contributed by atoms with Crippen molar-refractivity contribution in [3.63, 3.8) is 0 Å². The Morgan fingerprint density at radius 2 is 1.52 bits per heavy atom. The quantitative estimate of drug-likeness (QED) is 0.197. The molecule has 2 unspecified atom stereocenters. The van der Waals surface area contributed by atoms with Gasteiger partial charge in [0.05, 0.1) is 18.2 Å². The molecular formula is C38H49N3O5. The molecule has 1 aliphatic rings. The van der Waals surface area contributed by atoms with Crippen molar-refractivity contribution in [2.75, 3.05) is 19.7 Å². The monoisotopic (exact) mass is 627 g/mol. The van der Waals surface area contributed by atoms with E-state index in [1.165, 1.54) is 0 Å². The molecule has 1 fully saturated rings. The Morgan fingerprint density at radius 3 is 2.11 bits per heavy atom. The summed E-state index contributed by atoms with van der Waals surface area (Å²) in [6.45, 7) is 8.80. The molecule has 0 bridgehead atoms. The number of nitrogens with zero attached hydrogens (tertiary/aromatic N) is 1. The number of para-hydroxylation sites is 1. The number of ketones is 1. The number of rotatable bonds is 16. The molecule has 4 atom stereocenters. The number of ether oxygens (including phenoxy) is 1. The molecule has 3 amide bonds. The fourth-order valence-electron chi connectivity index (χ4n) is 6.48. The summed E-state index contributed by atoms with van der Waals surface area (Å²) in [5.41, 5.74) is 3.94. The maximum atomic E-state index is 13.9. The SMILES string of the molecule is Cc1cccc(C)c1OCC(=O)NC(Cc1ccccc1)[C@@H](O)CC(CC(=O)[C@H](C(C)C)N1CCCNC1=O)Cc1ccccc1. The van der Waals surface area contributed by atoms with Crippen molar-refractivity contribution in [2.45, 2.75) is 78.0 Å². The Bertz CT molecular complexity index is 1410. The van der Waals surface area contributed by atoms with Crippen LogP contribution in [0.1, 0.15) is 55.4 Å². The van der Waals surface area contributed by atoms with Crippen LogP contribution in [0.5, 0.6) is 5.75 Å². The number of aliphatic hydroxyl groups excluding tert-OH is 1. The van der Waals surface area contributed by atoms with Gasteiger partial charge in [-0.2, -0.15) is 0 Å². The highest BCUT2D eigenvalue weighted by Crippen LogP contribution is 2.26. The van der Waals surface area contributed by atoms with Crippen LogP contribution in [-0.2, 0) is 22.4 Å². The summed E-state index contributed by atoms with van der Waals surface area (Å²) in [6.07, 6.45) is 1.38. The third-order valence-electron chi connectivity index (χ3n) is 8.71. The summed E-state index contributed by atoms with van der Waals surface area (Å²) in [5.74, 6) is 0.0853. The lowest BCUT2D eigenvalue weighted by Crippen LogP contribution is -2.55. The summed E-state index contributed by atoms with van der Waals surface area (Å²) < 4.78 is 5.91. The number of Topliss-reactive ketones (excluding diaryl/α,β-unsaturated/α-hetero) is 1. The molecule has 0 spiro atoms. The second-order valence-corrected chi connectivity index (χ2v) is 12.9. The van der Waals surface area contributed by atoms with Gasteiger partial charge in [0, 0.05) is 19.5 Å². The van der Waals surface area contributed by atoms with Crippen LogP contribution in [0.2, 0.25) is 0 Å². The van der Waals surface area contributed by atoms with E-state index in [-0.39, 0.29) is 42.6 Å². The molecule has 3 aromatic rings. The Labute approximate surface area is 273 Å². The van der Waals surface area contributed by atoms with Crippen molar-refractivity contribution in [3.8, 4) is 5.75 Å². The van der Waals surface area contributed by atoms with Crippen LogP contribution in [0.25, 0.3) is 0 Å². The Balaban J connectivity index is 1.52. The molecule has 246 valence electrons. The predicted octanol–water partition coefficient (Wildman–Crippen LogP) is 5.42. The van der Waals surface area contributed by atoms with Crippen LogP contribution in [0.3, 0.4) is 0 Å². The van der Waals surface area contributed by atoms with Crippen LogP contribution in [0, 0.1) is 25.7 Å². The third-order valence-corrected chi connectivity index (χ3v) is 8.71. The van der Waals surface area contributed by atoms with Crippen LogP contribution < -0.4 is 15.4 Å². The van der Waals surface area contributed by atoms with Gasteiger partial charge >= 0.3 is 6.03 Å². The Hall–Kier alpha value is -4.17. The summed E-state index contributed by atoms with van der Waals surface area (Å²) in [5, 5.41) is 17.7.